The van der Waals surface area contributed by atoms with Crippen molar-refractivity contribution in [3.63, 3.8) is 0 Å². The molecule has 0 saturated carbocycles. The highest BCUT2D eigenvalue weighted by Gasteiger charge is 2.33. The fraction of sp³-hybridized carbons (Fsp3) is 0.0377. The molecule has 0 bridgehead atoms. The number of nitrogens with zero attached hydrogens (tertiary/aromatic N) is 4. The van der Waals surface area contributed by atoms with Crippen LogP contribution in [0.15, 0.2) is 361 Å². The lowest BCUT2D eigenvalue weighted by Gasteiger charge is -2.27. The Morgan fingerprint density at radius 2 is 0.518 bits per heavy atom. The van der Waals surface area contributed by atoms with Crippen molar-refractivity contribution >= 4 is 154 Å². The molecule has 0 radical (unpaired) electrons. The van der Waals surface area contributed by atoms with Crippen LogP contribution in [0.2, 0.25) is 0 Å². The first kappa shape index (κ1) is 63.6. The molecule has 6 nitrogen and oxygen atoms in total. The van der Waals surface area contributed by atoms with Gasteiger partial charge in [-0.15, -0.1) is 0 Å². The molecule has 23 aromatic rings. The van der Waals surface area contributed by atoms with Gasteiger partial charge in [-0.3, -0.25) is 0 Å². The molecule has 526 valence electrons. The highest BCUT2D eigenvalue weighted by molar-refractivity contribution is 6.39. The van der Waals surface area contributed by atoms with Crippen LogP contribution < -0.4 is 9.80 Å². The maximum absolute atomic E-state index is 7.22. The highest BCUT2D eigenvalue weighted by Crippen LogP contribution is 2.57. The third-order valence-electron chi connectivity index (χ3n) is 24.1. The monoisotopic (exact) mass is 1430 g/mol. The molecule has 6 aromatic heterocycles. The predicted octanol–water partition coefficient (Wildman–Crippen LogP) is 30.0. The molecule has 0 atom stereocenters. The van der Waals surface area contributed by atoms with Crippen LogP contribution in [0.4, 0.5) is 34.1 Å². The maximum atomic E-state index is 7.22. The first-order chi connectivity index (χ1) is 55.3. The van der Waals surface area contributed by atoms with E-state index in [4.69, 9.17) is 8.83 Å². The van der Waals surface area contributed by atoms with Crippen molar-refractivity contribution < 1.29 is 8.83 Å². The zero-order chi connectivity index (χ0) is 74.1. The smallest absolute Gasteiger partial charge is 0.159 e. The van der Waals surface area contributed by atoms with Gasteiger partial charge in [-0.05, 0) is 155 Å². The molecule has 0 aliphatic carbocycles. The van der Waals surface area contributed by atoms with Crippen molar-refractivity contribution in [1.82, 2.24) is 8.80 Å². The molecule has 112 heavy (non-hydrogen) atoms. The number of furan rings is 2. The van der Waals surface area contributed by atoms with E-state index in [1.807, 2.05) is 0 Å². The van der Waals surface area contributed by atoms with E-state index < -0.39 is 0 Å². The lowest BCUT2D eigenvalue weighted by atomic mass is 9.89. The van der Waals surface area contributed by atoms with Gasteiger partial charge in [-0.25, -0.2) is 0 Å². The van der Waals surface area contributed by atoms with Crippen LogP contribution in [0.3, 0.4) is 0 Å². The van der Waals surface area contributed by atoms with Crippen LogP contribution in [0.1, 0.15) is 22.3 Å². The second kappa shape index (κ2) is 24.5. The van der Waals surface area contributed by atoms with Gasteiger partial charge in [0.2, 0.25) is 0 Å². The number of aryl methyl sites for hydroxylation is 4. The van der Waals surface area contributed by atoms with Crippen molar-refractivity contribution in [2.24, 2.45) is 0 Å². The average molecular weight is 1430 g/mol. The molecule has 6 heterocycles. The maximum Gasteiger partial charge on any atom is 0.159 e. The van der Waals surface area contributed by atoms with Crippen LogP contribution in [0, 0.1) is 27.7 Å². The first-order valence-corrected chi connectivity index (χ1v) is 38.7. The third-order valence-corrected chi connectivity index (χ3v) is 24.1. The fourth-order valence-electron chi connectivity index (χ4n) is 19.2. The number of aromatic nitrogens is 2. The summed E-state index contributed by atoms with van der Waals surface area (Å²) in [6.45, 7) is 8.75. The van der Waals surface area contributed by atoms with Crippen molar-refractivity contribution in [3.05, 3.63) is 374 Å². The number of anilines is 6. The summed E-state index contributed by atoms with van der Waals surface area (Å²) >= 11 is 0. The zero-order valence-corrected chi connectivity index (χ0v) is 62.1. The molecule has 0 aliphatic rings. The Morgan fingerprint density at radius 1 is 0.205 bits per heavy atom. The highest BCUT2D eigenvalue weighted by atomic mass is 16.3. The molecule has 0 spiro atoms. The summed E-state index contributed by atoms with van der Waals surface area (Å²) in [5, 5.41) is 14.2. The quantitative estimate of drug-likeness (QED) is 0.122. The third kappa shape index (κ3) is 9.15. The van der Waals surface area contributed by atoms with Crippen LogP contribution in [-0.4, -0.2) is 8.80 Å². The van der Waals surface area contributed by atoms with Crippen LogP contribution in [-0.2, 0) is 0 Å². The average Bonchev–Trinajstić information content (AvgIpc) is 1.49. The Balaban J connectivity index is 0.706. The SMILES string of the molecule is Cc1ccccc1-c1cccc2c1oc1c(N(c3ccccc3)c3ccc(-c4cccc5c4c4cccc6c7c(-c8ccccc8)c8c(c(-c9ccccc9)c7n5c46)c4cccc5c6c(-c7ccc(N(c9ccccc9)c9c(C)ccc%10c9oc9c(-c%11ccccc%11C)cccc9%10)cc7)cccc6n8c54)cc3)c(C)ccc12. The fourth-order valence-corrected chi connectivity index (χ4v) is 19.2. The van der Waals surface area contributed by atoms with Gasteiger partial charge in [-0.2, -0.15) is 0 Å². The standard InChI is InChI=1S/C106H70N4O2/c1-63-27-17-19-37-75(63)79-41-21-43-81-83-61-51-65(3)97(105(83)111-103(79)81)107(71-33-13-7-14-34-71)73-57-53-67(54-58-73)77-39-25-49-89-93(77)85-45-23-47-87-95-92(70-31-11-6-12-32-70)102-96(91(69-29-9-5-10-30-69)101(95)109(89)99(85)87)88-48-24-46-86-94-78(40-26-50-90(94)110(102)100(86)88)68-55-59-74(60-56-68)108(72-35-15-8-16-36-72)98-66(4)52-62-84-82-44-22-42-80(104(82)112-106(84)98)76-38-20-18-28-64(76)2/h5-62H,1-4H3. The summed E-state index contributed by atoms with van der Waals surface area (Å²) in [4.78, 5) is 4.76. The van der Waals surface area contributed by atoms with E-state index in [9.17, 15) is 0 Å². The van der Waals surface area contributed by atoms with Gasteiger partial charge < -0.3 is 27.4 Å². The lowest BCUT2D eigenvalue weighted by Crippen LogP contribution is -2.11. The Kier molecular flexibility index (Phi) is 13.9. The minimum absolute atomic E-state index is 0.860. The van der Waals surface area contributed by atoms with Gasteiger partial charge >= 0.3 is 0 Å². The zero-order valence-electron chi connectivity index (χ0n) is 62.1. The molecule has 0 unspecified atom stereocenters. The van der Waals surface area contributed by atoms with Gasteiger partial charge in [0.15, 0.2) is 11.2 Å². The molecule has 0 saturated heterocycles. The number of benzene rings is 17. The van der Waals surface area contributed by atoms with Gasteiger partial charge in [0.25, 0.3) is 0 Å². The lowest BCUT2D eigenvalue weighted by molar-refractivity contribution is 0.669. The van der Waals surface area contributed by atoms with Gasteiger partial charge in [0.1, 0.15) is 11.2 Å². The Hall–Kier alpha value is -14.5. The largest absolute Gasteiger partial charge is 0.453 e. The van der Waals surface area contributed by atoms with E-state index >= 15 is 0 Å². The predicted molar refractivity (Wildman–Crippen MR) is 471 cm³/mol. The van der Waals surface area contributed by atoms with Crippen molar-refractivity contribution in [2.45, 2.75) is 27.7 Å². The van der Waals surface area contributed by atoms with E-state index in [0.717, 1.165) is 111 Å². The summed E-state index contributed by atoms with van der Waals surface area (Å²) in [6, 6.07) is 129. The number of hydrogen-bond donors (Lipinski definition) is 0. The number of para-hydroxylation sites is 6. The second-order valence-corrected chi connectivity index (χ2v) is 30.3. The normalized spacial score (nSPS) is 12.1. The molecular formula is C106H70N4O2. The summed E-state index contributed by atoms with van der Waals surface area (Å²) in [6.07, 6.45) is 0. The number of fused-ring (bicyclic) bond motifs is 18. The van der Waals surface area contributed by atoms with Crippen molar-refractivity contribution in [1.29, 1.82) is 0 Å². The van der Waals surface area contributed by atoms with Crippen LogP contribution in [0.25, 0.3) is 187 Å². The summed E-state index contributed by atoms with van der Waals surface area (Å²) in [5.41, 5.74) is 35.5. The Morgan fingerprint density at radius 3 is 0.920 bits per heavy atom. The summed E-state index contributed by atoms with van der Waals surface area (Å²) < 4.78 is 19.7. The minimum Gasteiger partial charge on any atom is -0.453 e. The van der Waals surface area contributed by atoms with E-state index in [1.54, 1.807) is 0 Å². The first-order valence-electron chi connectivity index (χ1n) is 38.7. The molecule has 0 N–H and O–H groups in total. The van der Waals surface area contributed by atoms with E-state index in [0.29, 0.717) is 0 Å². The van der Waals surface area contributed by atoms with E-state index in [1.165, 1.54) is 132 Å². The molecule has 6 heteroatoms. The van der Waals surface area contributed by atoms with Crippen LogP contribution >= 0.6 is 0 Å². The van der Waals surface area contributed by atoms with E-state index in [-0.39, 0.29) is 0 Å². The second-order valence-electron chi connectivity index (χ2n) is 30.3. The topological polar surface area (TPSA) is 41.6 Å². The van der Waals surface area contributed by atoms with Crippen LogP contribution in [0.5, 0.6) is 0 Å². The summed E-state index contributed by atoms with van der Waals surface area (Å²) in [5.74, 6) is 0. The molecule has 0 aliphatic heterocycles. The van der Waals surface area contributed by atoms with Crippen molar-refractivity contribution in [2.75, 3.05) is 9.80 Å². The number of rotatable bonds is 12. The number of hydrogen-bond acceptors (Lipinski definition) is 4. The molecule has 0 amide bonds. The Bertz CT molecular complexity index is 7300. The van der Waals surface area contributed by atoms with Gasteiger partial charge in [-0.1, -0.05) is 291 Å². The van der Waals surface area contributed by atoms with E-state index in [2.05, 4.69) is 398 Å². The molecule has 17 aromatic carbocycles. The minimum atomic E-state index is 0.860. The molecule has 23 rings (SSSR count). The van der Waals surface area contributed by atoms with Gasteiger partial charge in [0.05, 0.1) is 44.5 Å². The van der Waals surface area contributed by atoms with Crippen molar-refractivity contribution in [3.8, 4) is 66.8 Å². The molecule has 0 fully saturated rings. The molecular weight excluding hydrogens is 1360 g/mol. The Labute approximate surface area is 646 Å². The van der Waals surface area contributed by atoms with Gasteiger partial charge in [0, 0.05) is 110 Å². The summed E-state index contributed by atoms with van der Waals surface area (Å²) in [7, 11) is 0.